The molecule has 0 saturated heterocycles. The first kappa shape index (κ1) is 10.6. The lowest BCUT2D eigenvalue weighted by atomic mass is 10.0. The summed E-state index contributed by atoms with van der Waals surface area (Å²) in [5.41, 5.74) is 5.05. The van der Waals surface area contributed by atoms with Crippen LogP contribution in [0.25, 0.3) is 0 Å². The summed E-state index contributed by atoms with van der Waals surface area (Å²) in [5.74, 6) is 0. The number of aromatic nitrogens is 4. The highest BCUT2D eigenvalue weighted by Gasteiger charge is 2.15. The van der Waals surface area contributed by atoms with E-state index >= 15 is 0 Å². The van der Waals surface area contributed by atoms with E-state index in [0.29, 0.717) is 0 Å². The van der Waals surface area contributed by atoms with Crippen molar-refractivity contribution in [1.29, 1.82) is 0 Å². The summed E-state index contributed by atoms with van der Waals surface area (Å²) in [4.78, 5) is 4.52. The van der Waals surface area contributed by atoms with Crippen molar-refractivity contribution in [2.45, 2.75) is 39.2 Å². The molecule has 2 aromatic heterocycles. The smallest absolute Gasteiger partial charge is 0.0955 e. The topological polar surface area (TPSA) is 35.6 Å². The number of imidazole rings is 1. The van der Waals surface area contributed by atoms with Crippen LogP contribution in [0.15, 0.2) is 12.4 Å². The summed E-state index contributed by atoms with van der Waals surface area (Å²) in [7, 11) is 2.01. The van der Waals surface area contributed by atoms with Crippen molar-refractivity contribution in [1.82, 2.24) is 19.3 Å². The molecule has 1 aliphatic rings. The first-order valence-electron chi connectivity index (χ1n) is 6.26. The Morgan fingerprint density at radius 3 is 2.88 bits per heavy atom. The van der Waals surface area contributed by atoms with E-state index in [2.05, 4.69) is 20.7 Å². The second-order valence-electron chi connectivity index (χ2n) is 4.87. The number of rotatable bonds is 2. The van der Waals surface area contributed by atoms with Gasteiger partial charge in [0.05, 0.1) is 30.0 Å². The van der Waals surface area contributed by atoms with Crippen LogP contribution in [0.3, 0.4) is 0 Å². The zero-order chi connectivity index (χ0) is 11.8. The Morgan fingerprint density at radius 1 is 1.29 bits per heavy atom. The van der Waals surface area contributed by atoms with E-state index in [1.165, 1.54) is 36.3 Å². The van der Waals surface area contributed by atoms with Crippen molar-refractivity contribution in [3.8, 4) is 0 Å². The number of hydrogen-bond acceptors (Lipinski definition) is 2. The van der Waals surface area contributed by atoms with Gasteiger partial charge in [0.25, 0.3) is 0 Å². The van der Waals surface area contributed by atoms with Crippen molar-refractivity contribution in [2.24, 2.45) is 7.05 Å². The van der Waals surface area contributed by atoms with Gasteiger partial charge in [-0.25, -0.2) is 4.98 Å². The molecule has 0 unspecified atom stereocenters. The monoisotopic (exact) mass is 230 g/mol. The van der Waals surface area contributed by atoms with Crippen LogP contribution >= 0.6 is 0 Å². The Hall–Kier alpha value is -1.58. The Morgan fingerprint density at radius 2 is 2.12 bits per heavy atom. The first-order valence-corrected chi connectivity index (χ1v) is 6.26. The van der Waals surface area contributed by atoms with Crippen LogP contribution in [-0.4, -0.2) is 19.3 Å². The fourth-order valence-electron chi connectivity index (χ4n) is 2.65. The lowest BCUT2D eigenvalue weighted by Crippen LogP contribution is -2.11. The first-order chi connectivity index (χ1) is 8.24. The molecule has 1 aliphatic carbocycles. The number of nitrogens with zero attached hydrogens (tertiary/aromatic N) is 4. The van der Waals surface area contributed by atoms with Crippen LogP contribution in [0, 0.1) is 6.92 Å². The van der Waals surface area contributed by atoms with Gasteiger partial charge in [-0.05, 0) is 38.7 Å². The SMILES string of the molecule is Cc1cc(Cn2cnc3c2CCCC3)n(C)n1. The number of aryl methyl sites for hydroxylation is 3. The number of hydrogen-bond donors (Lipinski definition) is 0. The maximum atomic E-state index is 4.52. The summed E-state index contributed by atoms with van der Waals surface area (Å²) >= 11 is 0. The summed E-state index contributed by atoms with van der Waals surface area (Å²) < 4.78 is 4.25. The summed E-state index contributed by atoms with van der Waals surface area (Å²) in [6.07, 6.45) is 6.88. The van der Waals surface area contributed by atoms with Gasteiger partial charge in [-0.2, -0.15) is 5.10 Å². The van der Waals surface area contributed by atoms with Crippen LogP contribution < -0.4 is 0 Å². The van der Waals surface area contributed by atoms with Crippen molar-refractivity contribution in [3.63, 3.8) is 0 Å². The maximum absolute atomic E-state index is 4.52. The standard InChI is InChI=1S/C13H18N4/c1-10-7-11(16(2)15-10)8-17-9-14-12-5-3-4-6-13(12)17/h7,9H,3-6,8H2,1-2H3. The minimum absolute atomic E-state index is 0.889. The van der Waals surface area contributed by atoms with Crippen LogP contribution in [0.5, 0.6) is 0 Å². The minimum atomic E-state index is 0.889. The van der Waals surface area contributed by atoms with E-state index in [9.17, 15) is 0 Å². The van der Waals surface area contributed by atoms with Crippen molar-refractivity contribution >= 4 is 0 Å². The molecule has 0 fully saturated rings. The molecule has 0 aromatic carbocycles. The average Bonchev–Trinajstić information content (AvgIpc) is 2.85. The Balaban J connectivity index is 1.90. The zero-order valence-corrected chi connectivity index (χ0v) is 10.5. The van der Waals surface area contributed by atoms with E-state index in [0.717, 1.165) is 18.7 Å². The summed E-state index contributed by atoms with van der Waals surface area (Å²) in [6, 6.07) is 2.15. The molecule has 0 spiro atoms. The van der Waals surface area contributed by atoms with Gasteiger partial charge in [0.2, 0.25) is 0 Å². The van der Waals surface area contributed by atoms with Gasteiger partial charge >= 0.3 is 0 Å². The molecule has 0 atom stereocenters. The molecule has 0 N–H and O–H groups in total. The van der Waals surface area contributed by atoms with E-state index in [1.807, 2.05) is 25.0 Å². The third-order valence-electron chi connectivity index (χ3n) is 3.54. The lowest BCUT2D eigenvalue weighted by Gasteiger charge is -2.13. The van der Waals surface area contributed by atoms with Gasteiger partial charge in [0.15, 0.2) is 0 Å². The molecule has 90 valence electrons. The fraction of sp³-hybridized carbons (Fsp3) is 0.538. The Kier molecular flexibility index (Phi) is 2.50. The molecule has 17 heavy (non-hydrogen) atoms. The van der Waals surface area contributed by atoms with Crippen molar-refractivity contribution < 1.29 is 0 Å². The molecule has 0 amide bonds. The predicted molar refractivity (Wildman–Crippen MR) is 65.9 cm³/mol. The van der Waals surface area contributed by atoms with E-state index in [4.69, 9.17) is 0 Å². The Bertz CT molecular complexity index is 536. The summed E-state index contributed by atoms with van der Waals surface area (Å²) in [5, 5.41) is 4.39. The van der Waals surface area contributed by atoms with Crippen molar-refractivity contribution in [3.05, 3.63) is 35.2 Å². The molecule has 0 aliphatic heterocycles. The zero-order valence-electron chi connectivity index (χ0n) is 10.5. The molecule has 0 radical (unpaired) electrons. The van der Waals surface area contributed by atoms with Crippen LogP contribution in [-0.2, 0) is 26.4 Å². The minimum Gasteiger partial charge on any atom is -0.328 e. The highest BCUT2D eigenvalue weighted by molar-refractivity contribution is 5.18. The molecule has 2 aromatic rings. The molecule has 4 heteroatoms. The van der Waals surface area contributed by atoms with Crippen LogP contribution in [0.4, 0.5) is 0 Å². The normalized spacial score (nSPS) is 14.9. The molecule has 2 heterocycles. The second-order valence-corrected chi connectivity index (χ2v) is 4.87. The van der Waals surface area contributed by atoms with Gasteiger partial charge in [-0.3, -0.25) is 4.68 Å². The van der Waals surface area contributed by atoms with Gasteiger partial charge in [-0.1, -0.05) is 0 Å². The van der Waals surface area contributed by atoms with Crippen molar-refractivity contribution in [2.75, 3.05) is 0 Å². The highest BCUT2D eigenvalue weighted by atomic mass is 15.3. The van der Waals surface area contributed by atoms with E-state index < -0.39 is 0 Å². The predicted octanol–water partition coefficient (Wildman–Crippen LogP) is 1.85. The van der Waals surface area contributed by atoms with E-state index in [-0.39, 0.29) is 0 Å². The maximum Gasteiger partial charge on any atom is 0.0955 e. The third kappa shape index (κ3) is 1.88. The Labute approximate surface area is 101 Å². The number of fused-ring (bicyclic) bond motifs is 1. The quantitative estimate of drug-likeness (QED) is 0.789. The average molecular weight is 230 g/mol. The van der Waals surface area contributed by atoms with E-state index in [1.54, 1.807) is 0 Å². The molecular weight excluding hydrogens is 212 g/mol. The van der Waals surface area contributed by atoms with Gasteiger partial charge in [0, 0.05) is 12.7 Å². The van der Waals surface area contributed by atoms with Crippen LogP contribution in [0.1, 0.15) is 35.6 Å². The fourth-order valence-corrected chi connectivity index (χ4v) is 2.65. The molecule has 3 rings (SSSR count). The lowest BCUT2D eigenvalue weighted by molar-refractivity contribution is 0.607. The van der Waals surface area contributed by atoms with Gasteiger partial charge in [0.1, 0.15) is 0 Å². The molecule has 0 saturated carbocycles. The van der Waals surface area contributed by atoms with Gasteiger partial charge < -0.3 is 4.57 Å². The largest absolute Gasteiger partial charge is 0.328 e. The second kappa shape index (κ2) is 4.02. The van der Waals surface area contributed by atoms with Gasteiger partial charge in [-0.15, -0.1) is 0 Å². The highest BCUT2D eigenvalue weighted by Crippen LogP contribution is 2.20. The third-order valence-corrected chi connectivity index (χ3v) is 3.54. The summed E-state index contributed by atoms with van der Waals surface area (Å²) in [6.45, 7) is 2.92. The molecular formula is C13H18N4. The molecule has 4 nitrogen and oxygen atoms in total. The molecule has 0 bridgehead atoms. The van der Waals surface area contributed by atoms with Crippen LogP contribution in [0.2, 0.25) is 0 Å².